The molecule has 196 valence electrons. The molecule has 0 atom stereocenters. The quantitative estimate of drug-likeness (QED) is 0.325. The van der Waals surface area contributed by atoms with Gasteiger partial charge in [0.25, 0.3) is 0 Å². The summed E-state index contributed by atoms with van der Waals surface area (Å²) < 4.78 is 61.5. The maximum absolute atomic E-state index is 12.4. The van der Waals surface area contributed by atoms with Crippen LogP contribution in [0.1, 0.15) is 77.3 Å². The fourth-order valence-corrected chi connectivity index (χ4v) is 2.75. The molecule has 1 N–H and O–H groups in total. The molecule has 35 heavy (non-hydrogen) atoms. The Balaban J connectivity index is 0.000000543. The second kappa shape index (κ2) is 14.7. The van der Waals surface area contributed by atoms with Gasteiger partial charge in [-0.05, 0) is 70.9 Å². The second-order valence-corrected chi connectivity index (χ2v) is 8.72. The zero-order chi connectivity index (χ0) is 27.4. The van der Waals surface area contributed by atoms with Crippen molar-refractivity contribution in [2.75, 3.05) is 0 Å². The lowest BCUT2D eigenvalue weighted by Crippen LogP contribution is -2.22. The normalized spacial score (nSPS) is 11.7. The predicted octanol–water partition coefficient (Wildman–Crippen LogP) is 7.70. The summed E-state index contributed by atoms with van der Waals surface area (Å²) in [5, 5.41) is 9.10. The molecule has 0 spiro atoms. The van der Waals surface area contributed by atoms with Crippen molar-refractivity contribution >= 4 is 17.2 Å². The number of nitrogens with zero attached hydrogens (tertiary/aromatic N) is 2. The van der Waals surface area contributed by atoms with Crippen LogP contribution in [0.5, 0.6) is 0 Å². The minimum absolute atomic E-state index is 0.113. The highest BCUT2D eigenvalue weighted by molar-refractivity contribution is 5.84. The van der Waals surface area contributed by atoms with Gasteiger partial charge in [0.1, 0.15) is 23.1 Å². The first kappa shape index (κ1) is 32.3. The van der Waals surface area contributed by atoms with E-state index in [1.165, 1.54) is 25.1 Å². The number of hydrogen-bond acceptors (Lipinski definition) is 4. The number of Topliss-reactive ketones (excluding diaryl/α,β-unsaturated/α-hetero) is 1. The summed E-state index contributed by atoms with van der Waals surface area (Å²) in [6.07, 6.45) is -1.82. The van der Waals surface area contributed by atoms with Crippen molar-refractivity contribution in [2.24, 2.45) is 4.99 Å². The summed E-state index contributed by atoms with van der Waals surface area (Å²) in [6.45, 7) is 12.1. The Morgan fingerprint density at radius 3 is 1.91 bits per heavy atom. The molecule has 0 saturated carbocycles. The van der Waals surface area contributed by atoms with Crippen LogP contribution in [0.15, 0.2) is 35.3 Å². The van der Waals surface area contributed by atoms with Gasteiger partial charge in [0.05, 0.1) is 17.0 Å². The van der Waals surface area contributed by atoms with E-state index in [0.29, 0.717) is 23.4 Å². The molecule has 1 aromatic heterocycles. The van der Waals surface area contributed by atoms with Crippen LogP contribution in [0.25, 0.3) is 0 Å². The van der Waals surface area contributed by atoms with Gasteiger partial charge in [-0.15, -0.1) is 0 Å². The van der Waals surface area contributed by atoms with Crippen molar-refractivity contribution in [1.29, 1.82) is 0 Å². The second-order valence-electron chi connectivity index (χ2n) is 8.72. The molecule has 1 aromatic carbocycles. The zero-order valence-corrected chi connectivity index (χ0v) is 21.4. The molecule has 1 heterocycles. The molecule has 0 aliphatic rings. The first-order valence-corrected chi connectivity index (χ1v) is 11.2. The lowest BCUT2D eigenvalue weighted by Gasteiger charge is -2.14. The zero-order valence-electron chi connectivity index (χ0n) is 21.4. The van der Waals surface area contributed by atoms with Crippen LogP contribution in [0.4, 0.5) is 27.6 Å². The van der Waals surface area contributed by atoms with Crippen LogP contribution < -0.4 is 0 Å². The van der Waals surface area contributed by atoms with E-state index in [9.17, 15) is 26.7 Å². The van der Waals surface area contributed by atoms with Crippen molar-refractivity contribution < 1.29 is 31.9 Å². The monoisotopic (exact) mass is 502 g/mol. The first-order valence-electron chi connectivity index (χ1n) is 11.2. The first-order chi connectivity index (χ1) is 16.0. The highest BCUT2D eigenvalue weighted by Gasteiger charge is 2.32. The third kappa shape index (κ3) is 15.0. The smallest absolute Gasteiger partial charge is 0.390 e. The molecule has 9 heteroatoms. The van der Waals surface area contributed by atoms with Crippen LogP contribution in [-0.4, -0.2) is 27.2 Å². The minimum atomic E-state index is -4.40. The van der Waals surface area contributed by atoms with Crippen LogP contribution in [0.3, 0.4) is 0 Å². The number of carbonyl (C=O) groups excluding carboxylic acids is 1. The maximum Gasteiger partial charge on any atom is 0.433 e. The number of rotatable bonds is 6. The van der Waals surface area contributed by atoms with Gasteiger partial charge in [0, 0.05) is 24.6 Å². The third-order valence-electron chi connectivity index (χ3n) is 4.30. The van der Waals surface area contributed by atoms with Gasteiger partial charge in [-0.1, -0.05) is 20.3 Å². The topological polar surface area (TPSA) is 62.5 Å². The molecular formula is C26H35F5N2O2. The number of aliphatic hydroxyl groups is 1. The standard InChI is InChI=1S/C12H15F3N2.C7H6F2.C7H14O2/c1-4-5-8(2)16-10-6-7-11(12(13,14)15)17-9(10)3;1-5-2-6(8)4-7(9)3-5;1-4-6(8)5-7(2,3)9/h6-7H,4-5H2,1-3H3;2-4H,1H3;9H,4-5H2,1-3H3. The fourth-order valence-electron chi connectivity index (χ4n) is 2.75. The number of carbonyl (C=O) groups is 1. The molecule has 0 bridgehead atoms. The average Bonchev–Trinajstić information content (AvgIpc) is 2.67. The van der Waals surface area contributed by atoms with E-state index in [4.69, 9.17) is 5.11 Å². The average molecular weight is 503 g/mol. The van der Waals surface area contributed by atoms with Crippen molar-refractivity contribution in [3.63, 3.8) is 0 Å². The van der Waals surface area contributed by atoms with Gasteiger partial charge >= 0.3 is 6.18 Å². The Hall–Kier alpha value is -2.68. The number of halogens is 5. The summed E-state index contributed by atoms with van der Waals surface area (Å²) in [5.41, 5.74) is 0.610. The number of alkyl halides is 3. The number of aryl methyl sites for hydroxylation is 2. The Bertz CT molecular complexity index is 930. The van der Waals surface area contributed by atoms with E-state index in [1.807, 2.05) is 13.8 Å². The molecule has 2 rings (SSSR count). The number of ketones is 1. The predicted molar refractivity (Wildman–Crippen MR) is 129 cm³/mol. The number of benzene rings is 1. The van der Waals surface area contributed by atoms with E-state index in [2.05, 4.69) is 9.98 Å². The molecule has 0 unspecified atom stereocenters. The summed E-state index contributed by atoms with van der Waals surface area (Å²) in [6, 6.07) is 5.74. The number of pyridine rings is 1. The SMILES string of the molecule is CCC(=O)CC(C)(C)O.CCCC(C)=Nc1ccc(C(F)(F)F)nc1C.Cc1cc(F)cc(F)c1. The number of aromatic nitrogens is 1. The highest BCUT2D eigenvalue weighted by Crippen LogP contribution is 2.30. The molecule has 0 radical (unpaired) electrons. The van der Waals surface area contributed by atoms with E-state index in [1.54, 1.807) is 27.7 Å². The summed E-state index contributed by atoms with van der Waals surface area (Å²) in [5.74, 6) is -0.928. The Kier molecular flexibility index (Phi) is 13.5. The van der Waals surface area contributed by atoms with E-state index >= 15 is 0 Å². The molecule has 0 aliphatic heterocycles. The summed E-state index contributed by atoms with van der Waals surface area (Å²) in [7, 11) is 0. The molecule has 2 aromatic rings. The van der Waals surface area contributed by atoms with Gasteiger partial charge in [-0.3, -0.25) is 9.79 Å². The molecule has 0 saturated heterocycles. The van der Waals surface area contributed by atoms with Gasteiger partial charge in [0.15, 0.2) is 0 Å². The van der Waals surface area contributed by atoms with Crippen molar-refractivity contribution in [3.8, 4) is 0 Å². The van der Waals surface area contributed by atoms with E-state index in [0.717, 1.165) is 30.7 Å². The summed E-state index contributed by atoms with van der Waals surface area (Å²) in [4.78, 5) is 18.5. The van der Waals surface area contributed by atoms with Crippen molar-refractivity contribution in [2.45, 2.75) is 85.9 Å². The van der Waals surface area contributed by atoms with Crippen molar-refractivity contribution in [1.82, 2.24) is 4.98 Å². The van der Waals surface area contributed by atoms with Crippen LogP contribution in [0.2, 0.25) is 0 Å². The van der Waals surface area contributed by atoms with Crippen LogP contribution in [0, 0.1) is 25.5 Å². The Labute approximate surface area is 204 Å². The minimum Gasteiger partial charge on any atom is -0.390 e. The molecule has 4 nitrogen and oxygen atoms in total. The maximum atomic E-state index is 12.4. The Morgan fingerprint density at radius 2 is 1.57 bits per heavy atom. The summed E-state index contributed by atoms with van der Waals surface area (Å²) >= 11 is 0. The van der Waals surface area contributed by atoms with E-state index in [-0.39, 0.29) is 12.2 Å². The van der Waals surface area contributed by atoms with Gasteiger partial charge in [0.2, 0.25) is 0 Å². The lowest BCUT2D eigenvalue weighted by molar-refractivity contribution is -0.141. The number of aliphatic imine (C=N–C) groups is 1. The molecule has 0 amide bonds. The van der Waals surface area contributed by atoms with Gasteiger partial charge < -0.3 is 5.11 Å². The largest absolute Gasteiger partial charge is 0.433 e. The Morgan fingerprint density at radius 1 is 1.03 bits per heavy atom. The third-order valence-corrected chi connectivity index (χ3v) is 4.30. The van der Waals surface area contributed by atoms with Gasteiger partial charge in [-0.25, -0.2) is 13.8 Å². The van der Waals surface area contributed by atoms with Crippen molar-refractivity contribution in [3.05, 3.63) is 58.9 Å². The number of hydrogen-bond donors (Lipinski definition) is 1. The van der Waals surface area contributed by atoms with Crippen LogP contribution >= 0.6 is 0 Å². The molecular weight excluding hydrogens is 467 g/mol. The highest BCUT2D eigenvalue weighted by atomic mass is 19.4. The van der Waals surface area contributed by atoms with E-state index < -0.39 is 29.1 Å². The fraction of sp³-hybridized carbons (Fsp3) is 0.500. The molecule has 0 fully saturated rings. The molecule has 0 aliphatic carbocycles. The lowest BCUT2D eigenvalue weighted by atomic mass is 10.0. The van der Waals surface area contributed by atoms with Gasteiger partial charge in [-0.2, -0.15) is 13.2 Å². The van der Waals surface area contributed by atoms with Crippen LogP contribution in [-0.2, 0) is 11.0 Å².